The molecule has 0 atom stereocenters. The van der Waals surface area contributed by atoms with Crippen LogP contribution in [0.25, 0.3) is 5.70 Å². The number of hydrogen-bond donors (Lipinski definition) is 1. The van der Waals surface area contributed by atoms with Crippen molar-refractivity contribution < 1.29 is 9.53 Å². The second-order valence-electron chi connectivity index (χ2n) is 6.47. The minimum Gasteiger partial charge on any atom is -0.463 e. The van der Waals surface area contributed by atoms with E-state index in [4.69, 9.17) is 4.74 Å². The molecule has 1 aliphatic heterocycles. The minimum atomic E-state index is -0.292. The average molecular weight is 287 g/mol. The predicted molar refractivity (Wildman–Crippen MR) is 86.2 cm³/mol. The van der Waals surface area contributed by atoms with Crippen molar-refractivity contribution in [2.45, 2.75) is 53.5 Å². The average Bonchev–Trinajstić information content (AvgIpc) is 2.37. The predicted octanol–water partition coefficient (Wildman–Crippen LogP) is 3.44. The van der Waals surface area contributed by atoms with E-state index in [2.05, 4.69) is 46.0 Å². The van der Waals surface area contributed by atoms with Crippen molar-refractivity contribution in [2.75, 3.05) is 6.61 Å². The van der Waals surface area contributed by atoms with Crippen LogP contribution >= 0.6 is 0 Å². The van der Waals surface area contributed by atoms with Crippen LogP contribution in [0.2, 0.25) is 0 Å². The first-order valence-electron chi connectivity index (χ1n) is 7.52. The molecule has 1 aromatic carbocycles. The van der Waals surface area contributed by atoms with Gasteiger partial charge in [-0.1, -0.05) is 0 Å². The molecule has 1 N–H and O–H groups in total. The molecule has 2 rings (SSSR count). The van der Waals surface area contributed by atoms with Crippen molar-refractivity contribution in [3.8, 4) is 0 Å². The minimum absolute atomic E-state index is 0.0716. The van der Waals surface area contributed by atoms with Crippen LogP contribution in [0.3, 0.4) is 0 Å². The molecule has 21 heavy (non-hydrogen) atoms. The lowest BCUT2D eigenvalue weighted by atomic mass is 9.81. The number of rotatable bonds is 2. The summed E-state index contributed by atoms with van der Waals surface area (Å²) in [5.41, 5.74) is 7.17. The zero-order valence-corrected chi connectivity index (χ0v) is 13.9. The summed E-state index contributed by atoms with van der Waals surface area (Å²) < 4.78 is 5.06. The molecular weight excluding hydrogens is 262 g/mol. The van der Waals surface area contributed by atoms with Crippen LogP contribution in [-0.4, -0.2) is 18.1 Å². The smallest absolute Gasteiger partial charge is 0.332 e. The van der Waals surface area contributed by atoms with Gasteiger partial charge in [-0.25, -0.2) is 4.79 Å². The molecule has 0 bridgehead atoms. The van der Waals surface area contributed by atoms with Crippen molar-refractivity contribution in [3.05, 3.63) is 40.0 Å². The topological polar surface area (TPSA) is 38.3 Å². The molecule has 0 unspecified atom stereocenters. The van der Waals surface area contributed by atoms with E-state index in [-0.39, 0.29) is 11.5 Å². The van der Waals surface area contributed by atoms with Gasteiger partial charge >= 0.3 is 5.97 Å². The summed E-state index contributed by atoms with van der Waals surface area (Å²) in [6, 6.07) is 2.17. The summed E-state index contributed by atoms with van der Waals surface area (Å²) in [5.74, 6) is -0.292. The number of ether oxygens (including phenoxy) is 1. The molecule has 0 saturated carbocycles. The van der Waals surface area contributed by atoms with Gasteiger partial charge in [-0.2, -0.15) is 0 Å². The number of fused-ring (bicyclic) bond motifs is 1. The molecule has 0 spiro atoms. The van der Waals surface area contributed by atoms with Gasteiger partial charge in [-0.15, -0.1) is 0 Å². The highest BCUT2D eigenvalue weighted by Gasteiger charge is 2.30. The second-order valence-corrected chi connectivity index (χ2v) is 6.47. The number of aryl methyl sites for hydroxylation is 1. The van der Waals surface area contributed by atoms with Crippen LogP contribution in [0.15, 0.2) is 12.1 Å². The highest BCUT2D eigenvalue weighted by Crippen LogP contribution is 2.34. The summed E-state index contributed by atoms with van der Waals surface area (Å²) in [6.45, 7) is 13.0. The number of carbonyl (C=O) groups excluding carboxylic acids is 1. The standard InChI is InChI=1S/C18H25NO2/c1-7-21-17(20)9-16-14-8-11(2)12(3)13(4)15(14)10-18(5,6)19-16/h8-9,19H,7,10H2,1-6H3. The van der Waals surface area contributed by atoms with Gasteiger partial charge in [0.1, 0.15) is 0 Å². The Morgan fingerprint density at radius 2 is 2.00 bits per heavy atom. The molecule has 1 aliphatic rings. The van der Waals surface area contributed by atoms with Crippen LogP contribution in [0, 0.1) is 20.8 Å². The SMILES string of the molecule is CCOC(=O)C=C1NC(C)(C)Cc2c1cc(C)c(C)c2C. The number of benzene rings is 1. The zero-order valence-electron chi connectivity index (χ0n) is 13.9. The summed E-state index contributed by atoms with van der Waals surface area (Å²) in [7, 11) is 0. The zero-order chi connectivity index (χ0) is 15.8. The van der Waals surface area contributed by atoms with E-state index in [1.54, 1.807) is 6.08 Å². The Kier molecular flexibility index (Phi) is 4.13. The van der Waals surface area contributed by atoms with Gasteiger partial charge in [0.15, 0.2) is 0 Å². The maximum absolute atomic E-state index is 11.8. The van der Waals surface area contributed by atoms with Crippen molar-refractivity contribution in [3.63, 3.8) is 0 Å². The van der Waals surface area contributed by atoms with E-state index in [0.29, 0.717) is 6.61 Å². The Morgan fingerprint density at radius 3 is 2.62 bits per heavy atom. The van der Waals surface area contributed by atoms with Gasteiger partial charge in [0.25, 0.3) is 0 Å². The van der Waals surface area contributed by atoms with Crippen molar-refractivity contribution in [1.29, 1.82) is 0 Å². The summed E-state index contributed by atoms with van der Waals surface area (Å²) >= 11 is 0. The van der Waals surface area contributed by atoms with Gasteiger partial charge in [0.2, 0.25) is 0 Å². The molecule has 114 valence electrons. The molecular formula is C18H25NO2. The second kappa shape index (κ2) is 5.55. The fourth-order valence-corrected chi connectivity index (χ4v) is 2.94. The summed E-state index contributed by atoms with van der Waals surface area (Å²) in [6.07, 6.45) is 2.53. The van der Waals surface area contributed by atoms with Gasteiger partial charge in [-0.3, -0.25) is 0 Å². The van der Waals surface area contributed by atoms with Crippen LogP contribution < -0.4 is 5.32 Å². The van der Waals surface area contributed by atoms with E-state index < -0.39 is 0 Å². The van der Waals surface area contributed by atoms with Gasteiger partial charge in [-0.05, 0) is 76.3 Å². The molecule has 0 fully saturated rings. The van der Waals surface area contributed by atoms with Crippen LogP contribution in [0.4, 0.5) is 0 Å². The molecule has 0 amide bonds. The van der Waals surface area contributed by atoms with Crippen molar-refractivity contribution in [1.82, 2.24) is 5.32 Å². The fraction of sp³-hybridized carbons (Fsp3) is 0.500. The lowest BCUT2D eigenvalue weighted by Gasteiger charge is -2.37. The molecule has 3 heteroatoms. The van der Waals surface area contributed by atoms with Gasteiger partial charge in [0.05, 0.1) is 6.61 Å². The third-order valence-corrected chi connectivity index (χ3v) is 4.22. The summed E-state index contributed by atoms with van der Waals surface area (Å²) in [5, 5.41) is 3.47. The third-order valence-electron chi connectivity index (χ3n) is 4.22. The third kappa shape index (κ3) is 3.12. The van der Waals surface area contributed by atoms with E-state index in [1.807, 2.05) is 6.92 Å². The van der Waals surface area contributed by atoms with E-state index in [1.165, 1.54) is 22.3 Å². The van der Waals surface area contributed by atoms with Crippen LogP contribution in [0.5, 0.6) is 0 Å². The quantitative estimate of drug-likeness (QED) is 0.669. The molecule has 0 aliphatic carbocycles. The van der Waals surface area contributed by atoms with Crippen LogP contribution in [-0.2, 0) is 16.0 Å². The molecule has 1 heterocycles. The molecule has 3 nitrogen and oxygen atoms in total. The monoisotopic (exact) mass is 287 g/mol. The summed E-state index contributed by atoms with van der Waals surface area (Å²) in [4.78, 5) is 11.8. The normalized spacial score (nSPS) is 18.1. The Bertz CT molecular complexity index is 612. The number of nitrogens with one attached hydrogen (secondary N) is 1. The van der Waals surface area contributed by atoms with Gasteiger partial charge < -0.3 is 10.1 Å². The van der Waals surface area contributed by atoms with E-state index in [9.17, 15) is 4.79 Å². The first kappa shape index (κ1) is 15.6. The Balaban J connectivity index is 2.59. The highest BCUT2D eigenvalue weighted by molar-refractivity contribution is 5.92. The highest BCUT2D eigenvalue weighted by atomic mass is 16.5. The Morgan fingerprint density at radius 1 is 1.33 bits per heavy atom. The van der Waals surface area contributed by atoms with Crippen LogP contribution in [0.1, 0.15) is 48.6 Å². The first-order valence-corrected chi connectivity index (χ1v) is 7.52. The maximum Gasteiger partial charge on any atom is 0.332 e. The van der Waals surface area contributed by atoms with Crippen molar-refractivity contribution >= 4 is 11.7 Å². The van der Waals surface area contributed by atoms with Gasteiger partial charge in [0, 0.05) is 22.9 Å². The van der Waals surface area contributed by atoms with E-state index >= 15 is 0 Å². The first-order chi connectivity index (χ1) is 9.75. The molecule has 0 saturated heterocycles. The number of esters is 1. The number of carbonyl (C=O) groups is 1. The molecule has 1 aromatic rings. The lowest BCUT2D eigenvalue weighted by molar-refractivity contribution is -0.137. The van der Waals surface area contributed by atoms with E-state index in [0.717, 1.165) is 17.7 Å². The molecule has 0 aromatic heterocycles. The molecule has 0 radical (unpaired) electrons. The number of hydrogen-bond acceptors (Lipinski definition) is 3. The largest absolute Gasteiger partial charge is 0.463 e. The Hall–Kier alpha value is -1.77. The van der Waals surface area contributed by atoms with Crippen molar-refractivity contribution in [2.24, 2.45) is 0 Å². The maximum atomic E-state index is 11.8. The Labute approximate surface area is 127 Å². The lowest BCUT2D eigenvalue weighted by Crippen LogP contribution is -2.44. The fourth-order valence-electron chi connectivity index (χ4n) is 2.94.